The molecule has 0 amide bonds. The van der Waals surface area contributed by atoms with E-state index in [0.29, 0.717) is 6.07 Å². The van der Waals surface area contributed by atoms with Crippen LogP contribution in [0.25, 0.3) is 10.8 Å². The molecule has 0 atom stereocenters. The number of aromatic hydroxyl groups is 1. The summed E-state index contributed by atoms with van der Waals surface area (Å²) in [7, 11) is -33.4. The average Bonchev–Trinajstić information content (AvgIpc) is 3.27. The van der Waals surface area contributed by atoms with E-state index in [-0.39, 0.29) is 33.0 Å². The van der Waals surface area contributed by atoms with Crippen LogP contribution >= 0.6 is 0 Å². The van der Waals surface area contributed by atoms with Crippen molar-refractivity contribution in [2.45, 2.75) is 19.6 Å². The largest absolute Gasteiger partial charge is 0.505 e. The Labute approximate surface area is 423 Å². The van der Waals surface area contributed by atoms with E-state index in [4.69, 9.17) is 9.11 Å². The predicted molar refractivity (Wildman–Crippen MR) is 257 cm³/mol. The summed E-state index contributed by atoms with van der Waals surface area (Å²) in [6.07, 6.45) is -1.40. The van der Waals surface area contributed by atoms with Crippen molar-refractivity contribution in [3.8, 4) is 5.75 Å². The van der Waals surface area contributed by atoms with E-state index in [1.165, 1.54) is 12.1 Å². The lowest BCUT2D eigenvalue weighted by Crippen LogP contribution is -2.16. The van der Waals surface area contributed by atoms with E-state index in [2.05, 4.69) is 55.5 Å². The highest BCUT2D eigenvalue weighted by atomic mass is 32.3. The van der Waals surface area contributed by atoms with Gasteiger partial charge < -0.3 is 21.1 Å². The molecule has 0 aliphatic carbocycles. The lowest BCUT2D eigenvalue weighted by atomic mass is 10.1. The van der Waals surface area contributed by atoms with Gasteiger partial charge in [0.05, 0.1) is 45.0 Å². The second-order valence-corrected chi connectivity index (χ2v) is 25.9. The van der Waals surface area contributed by atoms with Crippen molar-refractivity contribution < 1.29 is 95.4 Å². The summed E-state index contributed by atoms with van der Waals surface area (Å²) < 4.78 is 234. The van der Waals surface area contributed by atoms with E-state index in [0.717, 1.165) is 66.7 Å². The number of sulfone groups is 2. The predicted octanol–water partition coefficient (Wildman–Crippen LogP) is 4.19. The van der Waals surface area contributed by atoms with E-state index in [1.54, 1.807) is 0 Å². The number of aromatic nitrogens is 3. The van der Waals surface area contributed by atoms with Gasteiger partial charge in [0.1, 0.15) is 32.7 Å². The first-order valence-electron chi connectivity index (χ1n) is 19.7. The number of halogens is 1. The van der Waals surface area contributed by atoms with Crippen LogP contribution in [0.15, 0.2) is 125 Å². The number of anilines is 5. The molecule has 0 spiro atoms. The van der Waals surface area contributed by atoms with Crippen LogP contribution in [0.3, 0.4) is 0 Å². The van der Waals surface area contributed by atoms with Crippen LogP contribution in [0, 0.1) is 6.08 Å². The van der Waals surface area contributed by atoms with E-state index in [9.17, 15) is 82.1 Å². The Morgan fingerprint density at radius 3 is 1.64 bits per heavy atom. The van der Waals surface area contributed by atoms with Gasteiger partial charge in [-0.05, 0) is 84.9 Å². The molecule has 0 aliphatic heterocycles. The van der Waals surface area contributed by atoms with Crippen molar-refractivity contribution in [3.05, 3.63) is 91.0 Å². The molecular weight excluding hydrogens is 1150 g/mol. The number of rotatable bonds is 22. The minimum Gasteiger partial charge on any atom is -0.505 e. The van der Waals surface area contributed by atoms with Crippen LogP contribution in [0.4, 0.5) is 56.1 Å². The summed E-state index contributed by atoms with van der Waals surface area (Å²) in [5.74, 6) is -6.31. The summed E-state index contributed by atoms with van der Waals surface area (Å²) in [4.78, 5) is 7.97. The molecule has 31 nitrogen and oxygen atoms in total. The number of fused-ring (bicyclic) bond motifs is 1. The second kappa shape index (κ2) is 21.8. The van der Waals surface area contributed by atoms with Crippen molar-refractivity contribution in [3.63, 3.8) is 0 Å². The van der Waals surface area contributed by atoms with Crippen LogP contribution in [0.1, 0.15) is 0 Å². The Morgan fingerprint density at radius 2 is 1.08 bits per heavy atom. The maximum absolute atomic E-state index is 14.7. The van der Waals surface area contributed by atoms with Gasteiger partial charge in [0, 0.05) is 22.1 Å². The molecule has 402 valence electrons. The fraction of sp³-hybridized carbons (Fsp3) is 0.139. The number of nitrogens with one attached hydrogen (secondary N) is 3. The number of hydrogen-bond acceptors (Lipinski definition) is 26. The quantitative estimate of drug-likeness (QED) is 0.0340. The highest BCUT2D eigenvalue weighted by Crippen LogP contribution is 2.47. The number of azo groups is 2. The number of hydrogen-bond donors (Lipinski definition) is 9. The lowest BCUT2D eigenvalue weighted by molar-refractivity contribution is 0.284. The van der Waals surface area contributed by atoms with Gasteiger partial charge in [0.15, 0.2) is 25.4 Å². The van der Waals surface area contributed by atoms with Crippen LogP contribution in [-0.2, 0) is 74.7 Å². The number of benzene rings is 5. The topological polar surface area (TPSA) is 494 Å². The third kappa shape index (κ3) is 15.8. The van der Waals surface area contributed by atoms with Crippen LogP contribution in [-0.4, -0.2) is 131 Å². The highest BCUT2D eigenvalue weighted by Gasteiger charge is 2.26. The Hall–Kier alpha value is -6.89. The van der Waals surface area contributed by atoms with Gasteiger partial charge in [-0.1, -0.05) is 0 Å². The first kappa shape index (κ1) is 57.4. The van der Waals surface area contributed by atoms with E-state index in [1.807, 2.05) is 0 Å². The molecule has 39 heteroatoms. The Morgan fingerprint density at radius 1 is 0.533 bits per heavy atom. The summed E-state index contributed by atoms with van der Waals surface area (Å²) in [6.45, 7) is -0.895. The van der Waals surface area contributed by atoms with Gasteiger partial charge in [0.2, 0.25) is 11.9 Å². The zero-order valence-electron chi connectivity index (χ0n) is 36.8. The van der Waals surface area contributed by atoms with Crippen molar-refractivity contribution in [1.29, 1.82) is 0 Å². The molecule has 6 aromatic rings. The van der Waals surface area contributed by atoms with Gasteiger partial charge in [0.25, 0.3) is 40.5 Å². The summed E-state index contributed by atoms with van der Waals surface area (Å²) in [5.41, 5.74) is -3.00. The molecule has 0 unspecified atom stereocenters. The number of phenolic OH excluding ortho intramolecular Hbond substituents is 1. The standard InChI is InChI=1S/C36H33FN10O21S7/c37-34-41-35(39-20-1-6-23(7-2-20)69(49,50)14-13-68-75(65,66)67)43-36(42-34)40-22-5-12-29(73(59,60)61)28(17-22)45-47-32-30(74(62,63)64)18-26-25(33(32)48)10-11-27(38-19-72(56,57)58)31(26)46-44-21-3-8-24(9-4-21)70(51,52)15-16-71(53,54)55/h1-12,17-18,38,48H,13-16,19H2,(H,53,54,55)(H,56,57,58)(H,59,60,61)(H,62,63,64)(H,65,66,67)(H2,39,40,41,42,43)/b46-44+,47-45+. The van der Waals surface area contributed by atoms with Gasteiger partial charge in [-0.15, -0.1) is 15.3 Å². The maximum Gasteiger partial charge on any atom is 0.397 e. The number of nitrogens with zero attached hydrogens (tertiary/aromatic N) is 7. The summed E-state index contributed by atoms with van der Waals surface area (Å²) in [6, 6.07) is 14.0. The van der Waals surface area contributed by atoms with E-state index < -0.39 is 161 Å². The van der Waals surface area contributed by atoms with Crippen molar-refractivity contribution in [1.82, 2.24) is 15.0 Å². The first-order valence-corrected chi connectivity index (χ1v) is 30.5. The molecule has 0 fully saturated rings. The Balaban J connectivity index is 1.35. The zero-order chi connectivity index (χ0) is 55.5. The normalized spacial score (nSPS) is 13.1. The zero-order valence-corrected chi connectivity index (χ0v) is 42.5. The third-order valence-corrected chi connectivity index (χ3v) is 16.6. The van der Waals surface area contributed by atoms with Crippen molar-refractivity contribution in [2.24, 2.45) is 20.5 Å². The second-order valence-electron chi connectivity index (χ2n) is 14.8. The smallest absolute Gasteiger partial charge is 0.397 e. The molecule has 0 saturated heterocycles. The molecule has 0 aliphatic rings. The molecule has 75 heavy (non-hydrogen) atoms. The highest BCUT2D eigenvalue weighted by molar-refractivity contribution is 7.93. The van der Waals surface area contributed by atoms with E-state index >= 15 is 0 Å². The average molecular weight is 1190 g/mol. The summed E-state index contributed by atoms with van der Waals surface area (Å²) in [5, 5.41) is 33.3. The van der Waals surface area contributed by atoms with Gasteiger partial charge >= 0.3 is 16.5 Å². The Kier molecular flexibility index (Phi) is 16.6. The SMILES string of the molecule is O=S(=O)(O)CCS(=O)(=O)c1ccc(/N=N/c2c(NCS(=O)(=O)O)ccc3c(O)c(/N=N/c4cc(Nc5nc(F)nc(Nc6ccc(S(=O)(=O)CCOS(=O)(=O)O)cc6)n5)ccc4S(=O)(=O)O)c(S(=O)(=O)O)cc23)cc1. The van der Waals surface area contributed by atoms with Gasteiger partial charge in [-0.25, -0.2) is 21.0 Å². The third-order valence-electron chi connectivity index (χ3n) is 9.41. The van der Waals surface area contributed by atoms with Crippen LogP contribution < -0.4 is 16.0 Å². The number of phenols is 1. The van der Waals surface area contributed by atoms with Gasteiger partial charge in [-0.2, -0.15) is 66.5 Å². The fourth-order valence-electron chi connectivity index (χ4n) is 6.11. The van der Waals surface area contributed by atoms with Crippen molar-refractivity contribution >= 4 is 133 Å². The molecular formula is C36H33FN10O21S7. The maximum atomic E-state index is 14.7. The van der Waals surface area contributed by atoms with Crippen molar-refractivity contribution in [2.75, 3.05) is 45.7 Å². The molecule has 1 aromatic heterocycles. The van der Waals surface area contributed by atoms with Gasteiger partial charge in [-0.3, -0.25) is 22.8 Å². The minimum absolute atomic E-state index is 0.0787. The summed E-state index contributed by atoms with van der Waals surface area (Å²) >= 11 is 0. The molecule has 6 rings (SSSR count). The molecule has 5 aromatic carbocycles. The lowest BCUT2D eigenvalue weighted by Gasteiger charge is -2.14. The minimum atomic E-state index is -5.51. The molecule has 9 N–H and O–H groups in total. The molecule has 0 radical (unpaired) electrons. The Bertz CT molecular complexity index is 4120. The van der Waals surface area contributed by atoms with Crippen LogP contribution in [0.5, 0.6) is 5.75 Å². The molecule has 1 heterocycles. The molecule has 0 bridgehead atoms. The monoisotopic (exact) mass is 1180 g/mol. The van der Waals surface area contributed by atoms with Crippen LogP contribution in [0.2, 0.25) is 0 Å². The fourth-order valence-corrected chi connectivity index (χ4v) is 11.7. The first-order chi connectivity index (χ1) is 34.6. The molecule has 0 saturated carbocycles.